The van der Waals surface area contributed by atoms with Gasteiger partial charge in [0.1, 0.15) is 11.5 Å². The van der Waals surface area contributed by atoms with Crippen LogP contribution in [0, 0.1) is 5.82 Å². The zero-order valence-electron chi connectivity index (χ0n) is 13.9. The summed E-state index contributed by atoms with van der Waals surface area (Å²) in [7, 11) is 0. The van der Waals surface area contributed by atoms with Crippen molar-refractivity contribution in [1.29, 1.82) is 0 Å². The average molecular weight is 390 g/mol. The molecule has 0 aliphatic rings. The lowest BCUT2D eigenvalue weighted by molar-refractivity contribution is -0.116. The highest BCUT2D eigenvalue weighted by Gasteiger charge is 2.07. The van der Waals surface area contributed by atoms with Gasteiger partial charge in [0.25, 0.3) is 0 Å². The van der Waals surface area contributed by atoms with E-state index in [1.54, 1.807) is 30.0 Å². The molecule has 0 spiro atoms. The SMILES string of the molecule is O=C(/C=C/c1c(Cl)nc2ccccn12)NCCSCc1ccccc1F. The van der Waals surface area contributed by atoms with E-state index in [2.05, 4.69) is 10.3 Å². The molecule has 3 rings (SSSR count). The summed E-state index contributed by atoms with van der Waals surface area (Å²) in [5.41, 5.74) is 2.06. The molecule has 7 heteroatoms. The highest BCUT2D eigenvalue weighted by Crippen LogP contribution is 2.19. The zero-order valence-corrected chi connectivity index (χ0v) is 15.4. The molecule has 26 heavy (non-hydrogen) atoms. The Bertz CT molecular complexity index is 941. The van der Waals surface area contributed by atoms with Crippen LogP contribution in [0.25, 0.3) is 11.7 Å². The van der Waals surface area contributed by atoms with Gasteiger partial charge in [0.05, 0.1) is 5.69 Å². The summed E-state index contributed by atoms with van der Waals surface area (Å²) in [6.45, 7) is 0.503. The largest absolute Gasteiger partial charge is 0.352 e. The van der Waals surface area contributed by atoms with Gasteiger partial charge < -0.3 is 5.32 Å². The first-order chi connectivity index (χ1) is 12.6. The van der Waals surface area contributed by atoms with E-state index >= 15 is 0 Å². The number of nitrogens with one attached hydrogen (secondary N) is 1. The highest BCUT2D eigenvalue weighted by molar-refractivity contribution is 7.98. The van der Waals surface area contributed by atoms with E-state index < -0.39 is 0 Å². The quantitative estimate of drug-likeness (QED) is 0.487. The van der Waals surface area contributed by atoms with Crippen LogP contribution in [0.5, 0.6) is 0 Å². The second-order valence-corrected chi connectivity index (χ2v) is 6.95. The molecule has 2 aromatic heterocycles. The van der Waals surface area contributed by atoms with E-state index in [4.69, 9.17) is 11.6 Å². The lowest BCUT2D eigenvalue weighted by Gasteiger charge is -2.04. The van der Waals surface area contributed by atoms with Gasteiger partial charge in [-0.05, 0) is 29.8 Å². The summed E-state index contributed by atoms with van der Waals surface area (Å²) < 4.78 is 15.3. The van der Waals surface area contributed by atoms with Gasteiger partial charge in [-0.1, -0.05) is 35.9 Å². The molecule has 2 heterocycles. The molecule has 0 aliphatic carbocycles. The summed E-state index contributed by atoms with van der Waals surface area (Å²) in [6.07, 6.45) is 4.92. The predicted molar refractivity (Wildman–Crippen MR) is 105 cm³/mol. The number of hydrogen-bond donors (Lipinski definition) is 1. The number of halogens is 2. The van der Waals surface area contributed by atoms with E-state index in [-0.39, 0.29) is 11.7 Å². The van der Waals surface area contributed by atoms with Gasteiger partial charge in [-0.3, -0.25) is 9.20 Å². The number of thioether (sulfide) groups is 1. The van der Waals surface area contributed by atoms with Crippen LogP contribution in [0.1, 0.15) is 11.3 Å². The van der Waals surface area contributed by atoms with Gasteiger partial charge in [-0.15, -0.1) is 0 Å². The number of fused-ring (bicyclic) bond motifs is 1. The molecule has 0 aliphatic heterocycles. The van der Waals surface area contributed by atoms with E-state index in [0.29, 0.717) is 34.5 Å². The number of imidazole rings is 1. The molecule has 4 nitrogen and oxygen atoms in total. The van der Waals surface area contributed by atoms with Gasteiger partial charge in [-0.2, -0.15) is 11.8 Å². The van der Waals surface area contributed by atoms with Crippen LogP contribution in [0.3, 0.4) is 0 Å². The van der Waals surface area contributed by atoms with Crippen LogP contribution < -0.4 is 5.32 Å². The topological polar surface area (TPSA) is 46.4 Å². The third kappa shape index (κ3) is 4.65. The molecule has 0 bridgehead atoms. The number of benzene rings is 1. The fraction of sp³-hybridized carbons (Fsp3) is 0.158. The van der Waals surface area contributed by atoms with E-state index in [1.165, 1.54) is 12.1 Å². The number of nitrogens with zero attached hydrogens (tertiary/aromatic N) is 2. The van der Waals surface area contributed by atoms with E-state index in [0.717, 1.165) is 5.65 Å². The van der Waals surface area contributed by atoms with Gasteiger partial charge >= 0.3 is 0 Å². The van der Waals surface area contributed by atoms with Crippen molar-refractivity contribution in [2.45, 2.75) is 5.75 Å². The average Bonchev–Trinajstić information content (AvgIpc) is 2.96. The van der Waals surface area contributed by atoms with Gasteiger partial charge in [0.2, 0.25) is 5.91 Å². The van der Waals surface area contributed by atoms with Gasteiger partial charge in [-0.25, -0.2) is 9.37 Å². The van der Waals surface area contributed by atoms with Crippen LogP contribution >= 0.6 is 23.4 Å². The Morgan fingerprint density at radius 1 is 1.27 bits per heavy atom. The molecular weight excluding hydrogens is 373 g/mol. The molecule has 0 saturated heterocycles. The first-order valence-corrected chi connectivity index (χ1v) is 9.58. The first kappa shape index (κ1) is 18.5. The predicted octanol–water partition coefficient (Wildman–Crippen LogP) is 4.19. The number of aromatic nitrogens is 2. The molecule has 0 radical (unpaired) electrons. The minimum absolute atomic E-state index is 0.197. The number of carbonyl (C=O) groups excluding carboxylic acids is 1. The fourth-order valence-corrected chi connectivity index (χ4v) is 3.48. The van der Waals surface area contributed by atoms with Crippen molar-refractivity contribution in [3.8, 4) is 0 Å². The summed E-state index contributed by atoms with van der Waals surface area (Å²) in [4.78, 5) is 16.2. The Labute approximate surface area is 160 Å². The summed E-state index contributed by atoms with van der Waals surface area (Å²) in [5, 5.41) is 3.15. The molecule has 134 valence electrons. The number of hydrogen-bond acceptors (Lipinski definition) is 3. The Balaban J connectivity index is 1.46. The molecule has 0 fully saturated rings. The number of pyridine rings is 1. The van der Waals surface area contributed by atoms with Crippen molar-refractivity contribution in [2.75, 3.05) is 12.3 Å². The lowest BCUT2D eigenvalue weighted by atomic mass is 10.2. The Morgan fingerprint density at radius 2 is 2.08 bits per heavy atom. The van der Waals surface area contributed by atoms with Crippen LogP contribution in [0.4, 0.5) is 4.39 Å². The molecule has 0 unspecified atom stereocenters. The molecule has 1 amide bonds. The minimum Gasteiger partial charge on any atom is -0.352 e. The molecule has 0 atom stereocenters. The van der Waals surface area contributed by atoms with E-state index in [9.17, 15) is 9.18 Å². The van der Waals surface area contributed by atoms with Crippen LogP contribution in [0.15, 0.2) is 54.7 Å². The van der Waals surface area contributed by atoms with Crippen molar-refractivity contribution in [3.05, 3.63) is 77.0 Å². The molecule has 3 aromatic rings. The molecule has 1 aromatic carbocycles. The van der Waals surface area contributed by atoms with Gasteiger partial charge in [0.15, 0.2) is 5.15 Å². The van der Waals surface area contributed by atoms with E-state index in [1.807, 2.05) is 34.9 Å². The first-order valence-electron chi connectivity index (χ1n) is 8.05. The minimum atomic E-state index is -0.210. The second-order valence-electron chi connectivity index (χ2n) is 5.49. The van der Waals surface area contributed by atoms with Crippen molar-refractivity contribution in [2.24, 2.45) is 0 Å². The molecule has 0 saturated carbocycles. The summed E-state index contributed by atoms with van der Waals surface area (Å²) >= 11 is 7.69. The van der Waals surface area contributed by atoms with Crippen LogP contribution in [0.2, 0.25) is 5.15 Å². The number of amides is 1. The molecular formula is C19H17ClFN3OS. The van der Waals surface area contributed by atoms with Crippen molar-refractivity contribution < 1.29 is 9.18 Å². The Kier molecular flexibility index (Phi) is 6.30. The second kappa shape index (κ2) is 8.87. The molecule has 1 N–H and O–H groups in total. The maximum absolute atomic E-state index is 13.5. The maximum atomic E-state index is 13.5. The lowest BCUT2D eigenvalue weighted by Crippen LogP contribution is -2.23. The fourth-order valence-electron chi connectivity index (χ4n) is 2.39. The highest BCUT2D eigenvalue weighted by atomic mass is 35.5. The number of carbonyl (C=O) groups is 1. The third-order valence-electron chi connectivity index (χ3n) is 3.68. The summed E-state index contributed by atoms with van der Waals surface area (Å²) in [6, 6.07) is 12.3. The third-order valence-corrected chi connectivity index (χ3v) is 4.96. The van der Waals surface area contributed by atoms with Crippen molar-refractivity contribution >= 4 is 41.0 Å². The van der Waals surface area contributed by atoms with Crippen LogP contribution in [-0.2, 0) is 10.5 Å². The Morgan fingerprint density at radius 3 is 2.92 bits per heavy atom. The monoisotopic (exact) mass is 389 g/mol. The standard InChI is InChI=1S/C19H17ClFN3OS/c20-19-16(24-11-4-3-7-17(24)23-19)8-9-18(25)22-10-12-26-13-14-5-1-2-6-15(14)21/h1-9,11H,10,12-13H2,(H,22,25)/b9-8+. The smallest absolute Gasteiger partial charge is 0.244 e. The Hall–Kier alpha value is -2.31. The van der Waals surface area contributed by atoms with Crippen molar-refractivity contribution in [3.63, 3.8) is 0 Å². The number of rotatable bonds is 7. The zero-order chi connectivity index (χ0) is 18.4. The summed E-state index contributed by atoms with van der Waals surface area (Å²) in [5.74, 6) is 0.871. The van der Waals surface area contributed by atoms with Crippen molar-refractivity contribution in [1.82, 2.24) is 14.7 Å². The maximum Gasteiger partial charge on any atom is 0.244 e. The normalized spacial score (nSPS) is 11.3. The van der Waals surface area contributed by atoms with Crippen LogP contribution in [-0.4, -0.2) is 27.6 Å². The van der Waals surface area contributed by atoms with Gasteiger partial charge in [0, 0.05) is 30.3 Å².